The number of benzene rings is 1. The van der Waals surface area contributed by atoms with Crippen LogP contribution < -0.4 is 5.32 Å². The summed E-state index contributed by atoms with van der Waals surface area (Å²) >= 11 is 0. The molecule has 3 aromatic heterocycles. The SMILES string of the molecule is Cc1nn(CC2CC2)c(C)c1-c1ccc2nc(Cc3cc(C(C)N4CCNCC4)ccn3)[nH]c2c1. The number of aryl methyl sites for hydroxylation is 1. The Morgan fingerprint density at radius 1 is 1.09 bits per heavy atom. The third-order valence-electron chi connectivity index (χ3n) is 7.70. The number of fused-ring (bicyclic) bond motifs is 1. The lowest BCUT2D eigenvalue weighted by molar-refractivity contribution is 0.185. The molecule has 7 heteroatoms. The van der Waals surface area contributed by atoms with Gasteiger partial charge in [0.05, 0.1) is 16.7 Å². The summed E-state index contributed by atoms with van der Waals surface area (Å²) < 4.78 is 2.20. The third kappa shape index (κ3) is 4.62. The molecule has 1 saturated carbocycles. The van der Waals surface area contributed by atoms with Gasteiger partial charge in [0.2, 0.25) is 0 Å². The summed E-state index contributed by atoms with van der Waals surface area (Å²) in [5.41, 5.74) is 9.25. The van der Waals surface area contributed by atoms with Crippen LogP contribution in [0.5, 0.6) is 0 Å². The fourth-order valence-electron chi connectivity index (χ4n) is 5.44. The Labute approximate surface area is 207 Å². The molecule has 4 aromatic rings. The number of rotatable bonds is 7. The molecule has 1 unspecified atom stereocenters. The Morgan fingerprint density at radius 2 is 1.91 bits per heavy atom. The van der Waals surface area contributed by atoms with Gasteiger partial charge in [-0.25, -0.2) is 4.98 Å². The number of hydrogen-bond acceptors (Lipinski definition) is 5. The van der Waals surface area contributed by atoms with Gasteiger partial charge < -0.3 is 10.3 Å². The van der Waals surface area contributed by atoms with Crippen molar-refractivity contribution in [2.45, 2.75) is 52.6 Å². The Hall–Kier alpha value is -3.03. The van der Waals surface area contributed by atoms with Gasteiger partial charge in [0, 0.05) is 68.3 Å². The quantitative estimate of drug-likeness (QED) is 0.420. The van der Waals surface area contributed by atoms with Crippen LogP contribution in [0.3, 0.4) is 0 Å². The molecule has 0 amide bonds. The van der Waals surface area contributed by atoms with Crippen molar-refractivity contribution in [3.63, 3.8) is 0 Å². The van der Waals surface area contributed by atoms with Crippen LogP contribution in [0.4, 0.5) is 0 Å². The number of nitrogens with zero attached hydrogens (tertiary/aromatic N) is 5. The van der Waals surface area contributed by atoms with E-state index in [9.17, 15) is 0 Å². The van der Waals surface area contributed by atoms with Gasteiger partial charge in [-0.3, -0.25) is 14.6 Å². The smallest absolute Gasteiger partial charge is 0.113 e. The minimum atomic E-state index is 0.393. The lowest BCUT2D eigenvalue weighted by atomic mass is 10.0. The van der Waals surface area contributed by atoms with Crippen LogP contribution in [0.25, 0.3) is 22.2 Å². The summed E-state index contributed by atoms with van der Waals surface area (Å²) in [6.07, 6.45) is 5.31. The Balaban J connectivity index is 1.23. The van der Waals surface area contributed by atoms with Crippen LogP contribution in [0.1, 0.15) is 54.3 Å². The van der Waals surface area contributed by atoms with Crippen molar-refractivity contribution in [3.8, 4) is 11.1 Å². The summed E-state index contributed by atoms with van der Waals surface area (Å²) in [4.78, 5) is 15.6. The number of imidazole rings is 1. The van der Waals surface area contributed by atoms with Gasteiger partial charge >= 0.3 is 0 Å². The molecule has 182 valence electrons. The maximum atomic E-state index is 4.87. The first-order valence-electron chi connectivity index (χ1n) is 13.0. The Morgan fingerprint density at radius 3 is 2.71 bits per heavy atom. The molecule has 1 aromatic carbocycles. The lowest BCUT2D eigenvalue weighted by Gasteiger charge is -2.33. The zero-order valence-electron chi connectivity index (χ0n) is 21.0. The van der Waals surface area contributed by atoms with Crippen LogP contribution >= 0.6 is 0 Å². The van der Waals surface area contributed by atoms with E-state index in [0.717, 1.165) is 66.9 Å². The Bertz CT molecular complexity index is 1340. The molecular weight excluding hydrogens is 434 g/mol. The number of pyridine rings is 1. The van der Waals surface area contributed by atoms with E-state index < -0.39 is 0 Å². The van der Waals surface area contributed by atoms with Crippen LogP contribution in [0.15, 0.2) is 36.5 Å². The third-order valence-corrected chi connectivity index (χ3v) is 7.70. The minimum Gasteiger partial charge on any atom is -0.342 e. The van der Waals surface area contributed by atoms with E-state index in [-0.39, 0.29) is 0 Å². The maximum absolute atomic E-state index is 4.87. The second-order valence-electron chi connectivity index (χ2n) is 10.3. The molecule has 1 aliphatic carbocycles. The van der Waals surface area contributed by atoms with Gasteiger partial charge in [-0.1, -0.05) is 6.07 Å². The van der Waals surface area contributed by atoms with Gasteiger partial charge in [-0.05, 0) is 74.9 Å². The number of hydrogen-bond donors (Lipinski definition) is 2. The van der Waals surface area contributed by atoms with Gasteiger partial charge in [-0.2, -0.15) is 5.10 Å². The van der Waals surface area contributed by atoms with E-state index in [0.29, 0.717) is 12.5 Å². The normalized spacial score (nSPS) is 17.8. The predicted octanol–water partition coefficient (Wildman–Crippen LogP) is 4.41. The van der Waals surface area contributed by atoms with Crippen molar-refractivity contribution in [2.75, 3.05) is 26.2 Å². The molecule has 1 saturated heterocycles. The van der Waals surface area contributed by atoms with Crippen molar-refractivity contribution in [1.82, 2.24) is 34.9 Å². The molecule has 4 heterocycles. The van der Waals surface area contributed by atoms with Gasteiger partial charge in [0.25, 0.3) is 0 Å². The van der Waals surface area contributed by atoms with E-state index in [4.69, 9.17) is 10.1 Å². The standard InChI is InChI=1S/C28H35N7/c1-18-28(20(3)35(33-18)17-21-4-5-21)23-6-7-25-26(15-23)32-27(31-25)16-24-14-22(8-9-30-24)19(2)34-12-10-29-11-13-34/h6-9,14-15,19,21,29H,4-5,10-13,16-17H2,1-3H3,(H,31,32). The summed E-state index contributed by atoms with van der Waals surface area (Å²) in [6, 6.07) is 11.3. The second kappa shape index (κ2) is 9.21. The number of aromatic amines is 1. The molecular formula is C28H35N7. The molecule has 0 spiro atoms. The van der Waals surface area contributed by atoms with Crippen LogP contribution in [0.2, 0.25) is 0 Å². The highest BCUT2D eigenvalue weighted by molar-refractivity contribution is 5.83. The van der Waals surface area contributed by atoms with E-state index in [1.807, 2.05) is 6.20 Å². The number of aromatic nitrogens is 5. The minimum absolute atomic E-state index is 0.393. The van der Waals surface area contributed by atoms with Crippen molar-refractivity contribution in [1.29, 1.82) is 0 Å². The average molecular weight is 470 g/mol. The second-order valence-corrected chi connectivity index (χ2v) is 10.3. The summed E-state index contributed by atoms with van der Waals surface area (Å²) in [6.45, 7) is 11.9. The molecule has 0 radical (unpaired) electrons. The van der Waals surface area contributed by atoms with Gasteiger partial charge in [0.1, 0.15) is 5.82 Å². The largest absolute Gasteiger partial charge is 0.342 e. The van der Waals surface area contributed by atoms with Gasteiger partial charge in [0.15, 0.2) is 0 Å². The van der Waals surface area contributed by atoms with Crippen molar-refractivity contribution >= 4 is 11.0 Å². The number of nitrogens with one attached hydrogen (secondary N) is 2. The fraction of sp³-hybridized carbons (Fsp3) is 0.464. The molecule has 2 aliphatic rings. The molecule has 1 aliphatic heterocycles. The van der Waals surface area contributed by atoms with E-state index in [1.165, 1.54) is 35.2 Å². The monoisotopic (exact) mass is 469 g/mol. The summed E-state index contributed by atoms with van der Waals surface area (Å²) in [5, 5.41) is 8.28. The van der Waals surface area contributed by atoms with E-state index >= 15 is 0 Å². The lowest BCUT2D eigenvalue weighted by Crippen LogP contribution is -2.44. The maximum Gasteiger partial charge on any atom is 0.113 e. The predicted molar refractivity (Wildman–Crippen MR) is 139 cm³/mol. The van der Waals surface area contributed by atoms with Crippen LogP contribution in [-0.4, -0.2) is 55.8 Å². The van der Waals surface area contributed by atoms with Gasteiger partial charge in [-0.15, -0.1) is 0 Å². The number of H-pyrrole nitrogens is 1. The molecule has 2 fully saturated rings. The van der Waals surface area contributed by atoms with E-state index in [2.05, 4.69) is 76.0 Å². The summed E-state index contributed by atoms with van der Waals surface area (Å²) in [5.74, 6) is 1.76. The first-order chi connectivity index (χ1) is 17.0. The zero-order chi connectivity index (χ0) is 23.9. The molecule has 7 nitrogen and oxygen atoms in total. The molecule has 1 atom stereocenters. The molecule has 35 heavy (non-hydrogen) atoms. The van der Waals surface area contributed by atoms with Crippen molar-refractivity contribution in [3.05, 3.63) is 65.0 Å². The van der Waals surface area contributed by atoms with E-state index in [1.54, 1.807) is 0 Å². The molecule has 6 rings (SSSR count). The first kappa shape index (κ1) is 22.4. The highest BCUT2D eigenvalue weighted by Gasteiger charge is 2.24. The van der Waals surface area contributed by atoms with Crippen LogP contribution in [0, 0.1) is 19.8 Å². The fourth-order valence-corrected chi connectivity index (χ4v) is 5.44. The highest BCUT2D eigenvalue weighted by atomic mass is 15.3. The van der Waals surface area contributed by atoms with Crippen LogP contribution in [-0.2, 0) is 13.0 Å². The zero-order valence-corrected chi connectivity index (χ0v) is 21.0. The topological polar surface area (TPSA) is 74.7 Å². The van der Waals surface area contributed by atoms with Crippen molar-refractivity contribution < 1.29 is 0 Å². The Kier molecular flexibility index (Phi) is 5.90. The molecule has 2 N–H and O–H groups in total. The molecule has 0 bridgehead atoms. The number of piperazine rings is 1. The first-order valence-corrected chi connectivity index (χ1v) is 13.0. The highest BCUT2D eigenvalue weighted by Crippen LogP contribution is 2.34. The average Bonchev–Trinajstić information content (AvgIpc) is 3.53. The summed E-state index contributed by atoms with van der Waals surface area (Å²) in [7, 11) is 0. The van der Waals surface area contributed by atoms with Crippen molar-refractivity contribution in [2.24, 2.45) is 5.92 Å².